The number of anilines is 1. The quantitative estimate of drug-likeness (QED) is 0.823. The van der Waals surface area contributed by atoms with Gasteiger partial charge in [-0.25, -0.2) is 0 Å². The molecule has 0 aliphatic carbocycles. The van der Waals surface area contributed by atoms with Gasteiger partial charge in [0.15, 0.2) is 0 Å². The first kappa shape index (κ1) is 13.7. The molecule has 3 N–H and O–H groups in total. The lowest BCUT2D eigenvalue weighted by atomic mass is 9.98. The molecule has 2 bridgehead atoms. The van der Waals surface area contributed by atoms with E-state index in [0.717, 1.165) is 12.8 Å². The van der Waals surface area contributed by atoms with E-state index in [0.29, 0.717) is 34.4 Å². The molecule has 5 heteroatoms. The molecule has 0 saturated carbocycles. The molecule has 2 aliphatic rings. The first-order valence-corrected chi connectivity index (χ1v) is 7.50. The molecule has 2 atom stereocenters. The normalized spacial score (nSPS) is 28.4. The van der Waals surface area contributed by atoms with Crippen molar-refractivity contribution in [2.75, 3.05) is 12.8 Å². The molecule has 2 aliphatic heterocycles. The van der Waals surface area contributed by atoms with Gasteiger partial charge in [-0.15, -0.1) is 0 Å². The van der Waals surface area contributed by atoms with E-state index in [9.17, 15) is 4.79 Å². The Labute approximate surface area is 124 Å². The number of piperidine rings is 1. The van der Waals surface area contributed by atoms with Gasteiger partial charge in [0.05, 0.1) is 10.6 Å². The Morgan fingerprint density at radius 2 is 2.00 bits per heavy atom. The molecule has 2 unspecified atom stereocenters. The van der Waals surface area contributed by atoms with Crippen molar-refractivity contribution < 1.29 is 4.79 Å². The van der Waals surface area contributed by atoms with Crippen LogP contribution >= 0.6 is 11.6 Å². The summed E-state index contributed by atoms with van der Waals surface area (Å²) >= 11 is 6.14. The fourth-order valence-corrected chi connectivity index (χ4v) is 3.67. The van der Waals surface area contributed by atoms with Crippen LogP contribution in [0.5, 0.6) is 0 Å². The van der Waals surface area contributed by atoms with E-state index in [2.05, 4.69) is 5.32 Å². The number of halogens is 1. The van der Waals surface area contributed by atoms with Crippen molar-refractivity contribution in [3.63, 3.8) is 0 Å². The number of fused-ring (bicyclic) bond motifs is 2. The van der Waals surface area contributed by atoms with Crippen LogP contribution in [0.4, 0.5) is 5.69 Å². The van der Waals surface area contributed by atoms with E-state index in [-0.39, 0.29) is 5.91 Å². The fourth-order valence-electron chi connectivity index (χ4n) is 3.40. The van der Waals surface area contributed by atoms with Gasteiger partial charge in [0.2, 0.25) is 0 Å². The molecule has 0 aromatic heterocycles. The molecule has 2 heterocycles. The zero-order chi connectivity index (χ0) is 14.3. The van der Waals surface area contributed by atoms with Crippen LogP contribution < -0.4 is 11.1 Å². The van der Waals surface area contributed by atoms with Crippen LogP contribution in [0.15, 0.2) is 18.2 Å². The van der Waals surface area contributed by atoms with Crippen LogP contribution in [0, 0.1) is 0 Å². The number of amides is 1. The van der Waals surface area contributed by atoms with Gasteiger partial charge in [-0.3, -0.25) is 4.79 Å². The second-order valence-corrected chi connectivity index (χ2v) is 6.33. The van der Waals surface area contributed by atoms with Crippen molar-refractivity contribution >= 4 is 23.2 Å². The molecule has 1 aromatic rings. The highest BCUT2D eigenvalue weighted by Crippen LogP contribution is 2.30. The van der Waals surface area contributed by atoms with Crippen LogP contribution in [0.3, 0.4) is 0 Å². The monoisotopic (exact) mass is 293 g/mol. The average molecular weight is 294 g/mol. The molecule has 3 rings (SSSR count). The summed E-state index contributed by atoms with van der Waals surface area (Å²) in [6, 6.07) is 6.50. The van der Waals surface area contributed by atoms with E-state index in [1.165, 1.54) is 12.8 Å². The number of benzene rings is 1. The van der Waals surface area contributed by atoms with Crippen LogP contribution in [-0.2, 0) is 0 Å². The van der Waals surface area contributed by atoms with Crippen LogP contribution in [-0.4, -0.2) is 36.0 Å². The van der Waals surface area contributed by atoms with Gasteiger partial charge >= 0.3 is 0 Å². The maximum atomic E-state index is 12.6. The Balaban J connectivity index is 1.76. The molecular weight excluding hydrogens is 274 g/mol. The van der Waals surface area contributed by atoms with Crippen LogP contribution in [0.2, 0.25) is 5.02 Å². The number of nitrogens with zero attached hydrogens (tertiary/aromatic N) is 1. The molecule has 1 aromatic carbocycles. The average Bonchev–Trinajstić information content (AvgIpc) is 2.76. The molecule has 108 valence electrons. The molecule has 2 fully saturated rings. The molecular formula is C15H20ClN3O. The van der Waals surface area contributed by atoms with Gasteiger partial charge in [0.25, 0.3) is 5.91 Å². The number of nitrogens with two attached hydrogens (primary N) is 1. The lowest BCUT2D eigenvalue weighted by Crippen LogP contribution is -2.48. The number of hydrogen-bond donors (Lipinski definition) is 2. The molecule has 0 radical (unpaired) electrons. The molecule has 20 heavy (non-hydrogen) atoms. The van der Waals surface area contributed by atoms with Gasteiger partial charge in [-0.1, -0.05) is 11.6 Å². The second-order valence-electron chi connectivity index (χ2n) is 5.92. The summed E-state index contributed by atoms with van der Waals surface area (Å²) in [5.41, 5.74) is 6.79. The molecule has 2 saturated heterocycles. The number of nitrogen functional groups attached to an aromatic ring is 1. The summed E-state index contributed by atoms with van der Waals surface area (Å²) in [4.78, 5) is 14.4. The highest BCUT2D eigenvalue weighted by atomic mass is 35.5. The second kappa shape index (κ2) is 5.26. The van der Waals surface area contributed by atoms with Gasteiger partial charge in [-0.2, -0.15) is 0 Å². The maximum Gasteiger partial charge on any atom is 0.255 e. The van der Waals surface area contributed by atoms with Crippen molar-refractivity contribution in [1.82, 2.24) is 10.2 Å². The van der Waals surface area contributed by atoms with E-state index in [1.54, 1.807) is 18.2 Å². The molecule has 1 amide bonds. The van der Waals surface area contributed by atoms with Crippen molar-refractivity contribution in [3.8, 4) is 0 Å². The molecule has 0 spiro atoms. The summed E-state index contributed by atoms with van der Waals surface area (Å²) in [5.74, 6) is -0.0127. The van der Waals surface area contributed by atoms with E-state index >= 15 is 0 Å². The summed E-state index contributed by atoms with van der Waals surface area (Å²) in [5, 5.41) is 4.02. The standard InChI is InChI=1S/C15H20ClN3O/c1-19(12-7-10-3-4-11(8-12)18-10)15(20)13-5-2-9(17)6-14(13)16/h2,5-6,10-12,18H,3-4,7-8,17H2,1H3. The number of nitrogens with one attached hydrogen (secondary N) is 1. The lowest BCUT2D eigenvalue weighted by molar-refractivity contribution is 0.0682. The Kier molecular flexibility index (Phi) is 3.61. The Hall–Kier alpha value is -1.26. The third kappa shape index (κ3) is 2.50. The largest absolute Gasteiger partial charge is 0.399 e. The number of carbonyl (C=O) groups excluding carboxylic acids is 1. The van der Waals surface area contributed by atoms with E-state index in [1.807, 2.05) is 11.9 Å². The first-order chi connectivity index (χ1) is 9.54. The Morgan fingerprint density at radius 3 is 2.60 bits per heavy atom. The predicted octanol–water partition coefficient (Wildman–Crippen LogP) is 2.28. The summed E-state index contributed by atoms with van der Waals surface area (Å²) in [6.07, 6.45) is 4.52. The zero-order valence-corrected chi connectivity index (χ0v) is 12.4. The maximum absolute atomic E-state index is 12.6. The van der Waals surface area contributed by atoms with Crippen LogP contribution in [0.1, 0.15) is 36.0 Å². The van der Waals surface area contributed by atoms with Crippen molar-refractivity contribution in [3.05, 3.63) is 28.8 Å². The summed E-state index contributed by atoms with van der Waals surface area (Å²) in [6.45, 7) is 0. The minimum absolute atomic E-state index is 0.0127. The highest BCUT2D eigenvalue weighted by Gasteiger charge is 2.36. The van der Waals surface area contributed by atoms with Gasteiger partial charge in [0.1, 0.15) is 0 Å². The minimum atomic E-state index is -0.0127. The van der Waals surface area contributed by atoms with E-state index < -0.39 is 0 Å². The lowest BCUT2D eigenvalue weighted by Gasteiger charge is -2.35. The van der Waals surface area contributed by atoms with Crippen molar-refractivity contribution in [2.24, 2.45) is 0 Å². The summed E-state index contributed by atoms with van der Waals surface area (Å²) < 4.78 is 0. The topological polar surface area (TPSA) is 58.4 Å². The highest BCUT2D eigenvalue weighted by molar-refractivity contribution is 6.34. The summed E-state index contributed by atoms with van der Waals surface area (Å²) in [7, 11) is 1.88. The van der Waals surface area contributed by atoms with Crippen molar-refractivity contribution in [2.45, 2.75) is 43.8 Å². The third-order valence-corrected chi connectivity index (χ3v) is 4.85. The molecule has 4 nitrogen and oxygen atoms in total. The van der Waals surface area contributed by atoms with Gasteiger partial charge in [0, 0.05) is 30.9 Å². The number of rotatable bonds is 2. The first-order valence-electron chi connectivity index (χ1n) is 7.13. The SMILES string of the molecule is CN(C(=O)c1ccc(N)cc1Cl)C1CC2CCC(C1)N2. The van der Waals surface area contributed by atoms with Crippen LogP contribution in [0.25, 0.3) is 0 Å². The third-order valence-electron chi connectivity index (χ3n) is 4.54. The Morgan fingerprint density at radius 1 is 1.35 bits per heavy atom. The fraction of sp³-hybridized carbons (Fsp3) is 0.533. The zero-order valence-electron chi connectivity index (χ0n) is 11.6. The number of carbonyl (C=O) groups is 1. The minimum Gasteiger partial charge on any atom is -0.399 e. The Bertz CT molecular complexity index is 522. The predicted molar refractivity (Wildman–Crippen MR) is 80.9 cm³/mol. The van der Waals surface area contributed by atoms with Crippen molar-refractivity contribution in [1.29, 1.82) is 0 Å². The number of hydrogen-bond acceptors (Lipinski definition) is 3. The van der Waals surface area contributed by atoms with Gasteiger partial charge < -0.3 is 16.0 Å². The van der Waals surface area contributed by atoms with Gasteiger partial charge in [-0.05, 0) is 43.9 Å². The smallest absolute Gasteiger partial charge is 0.255 e. The van der Waals surface area contributed by atoms with E-state index in [4.69, 9.17) is 17.3 Å².